The summed E-state index contributed by atoms with van der Waals surface area (Å²) >= 11 is 0. The minimum Gasteiger partial charge on any atom is -0.355 e. The van der Waals surface area contributed by atoms with Gasteiger partial charge in [-0.25, -0.2) is 0 Å². The Morgan fingerprint density at radius 3 is 2.00 bits per heavy atom. The van der Waals surface area contributed by atoms with Crippen LogP contribution in [0, 0.1) is 0 Å². The summed E-state index contributed by atoms with van der Waals surface area (Å²) in [6, 6.07) is 0.307. The first-order chi connectivity index (χ1) is 8.06. The van der Waals surface area contributed by atoms with Gasteiger partial charge >= 0.3 is 0 Å². The third-order valence-corrected chi connectivity index (χ3v) is 2.01. The van der Waals surface area contributed by atoms with E-state index >= 15 is 0 Å². The van der Waals surface area contributed by atoms with Gasteiger partial charge in [0.2, 0.25) is 11.8 Å². The summed E-state index contributed by atoms with van der Waals surface area (Å²) in [5, 5.41) is 11.3. The number of carbonyl (C=O) groups is 2. The van der Waals surface area contributed by atoms with Gasteiger partial charge in [-0.2, -0.15) is 0 Å². The van der Waals surface area contributed by atoms with Crippen LogP contribution in [0.5, 0.6) is 0 Å². The molecule has 0 radical (unpaired) electrons. The van der Waals surface area contributed by atoms with Crippen molar-refractivity contribution in [1.29, 1.82) is 0 Å². The van der Waals surface area contributed by atoms with Crippen LogP contribution in [0.15, 0.2) is 0 Å². The van der Waals surface area contributed by atoms with Gasteiger partial charge < -0.3 is 21.3 Å². The zero-order valence-corrected chi connectivity index (χ0v) is 10.9. The number of amides is 2. The van der Waals surface area contributed by atoms with E-state index in [1.54, 1.807) is 7.05 Å². The molecule has 0 rings (SSSR count). The van der Waals surface area contributed by atoms with Gasteiger partial charge in [0.05, 0.1) is 13.1 Å². The van der Waals surface area contributed by atoms with Crippen molar-refractivity contribution in [3.05, 3.63) is 0 Å². The lowest BCUT2D eigenvalue weighted by atomic mass is 10.3. The minimum atomic E-state index is -0.0275. The van der Waals surface area contributed by atoms with E-state index in [1.807, 2.05) is 13.8 Å². The number of carbonyl (C=O) groups excluding carboxylic acids is 2. The van der Waals surface area contributed by atoms with Crippen LogP contribution in [0.2, 0.25) is 0 Å². The zero-order valence-electron chi connectivity index (χ0n) is 10.9. The lowest BCUT2D eigenvalue weighted by Crippen LogP contribution is -2.38. The van der Waals surface area contributed by atoms with Crippen molar-refractivity contribution in [2.75, 3.05) is 33.2 Å². The molecule has 2 amide bonds. The lowest BCUT2D eigenvalue weighted by Gasteiger charge is -2.09. The fourth-order valence-electron chi connectivity index (χ4n) is 1.13. The highest BCUT2D eigenvalue weighted by atomic mass is 16.2. The molecular formula is C11H24N4O2. The Morgan fingerprint density at radius 2 is 1.53 bits per heavy atom. The van der Waals surface area contributed by atoms with E-state index in [4.69, 9.17) is 0 Å². The van der Waals surface area contributed by atoms with E-state index in [-0.39, 0.29) is 11.8 Å². The monoisotopic (exact) mass is 244 g/mol. The summed E-state index contributed by atoms with van der Waals surface area (Å²) in [5.74, 6) is -0.0412. The molecule has 0 spiro atoms. The second kappa shape index (κ2) is 10.0. The maximum atomic E-state index is 11.3. The Morgan fingerprint density at radius 1 is 1.00 bits per heavy atom. The highest BCUT2D eigenvalue weighted by Gasteiger charge is 2.01. The van der Waals surface area contributed by atoms with Crippen molar-refractivity contribution in [2.24, 2.45) is 0 Å². The highest BCUT2D eigenvalue weighted by Crippen LogP contribution is 1.77. The average Bonchev–Trinajstić information content (AvgIpc) is 2.26. The first-order valence-corrected chi connectivity index (χ1v) is 5.97. The number of rotatable bonds is 9. The number of likely N-dealkylation sites (N-methyl/N-ethyl adjacent to an activating group) is 1. The molecule has 0 fully saturated rings. The number of hydrogen-bond acceptors (Lipinski definition) is 4. The zero-order chi connectivity index (χ0) is 13.1. The molecule has 0 unspecified atom stereocenters. The highest BCUT2D eigenvalue weighted by molar-refractivity contribution is 5.78. The first kappa shape index (κ1) is 15.9. The summed E-state index contributed by atoms with van der Waals surface area (Å²) in [4.78, 5) is 22.3. The summed E-state index contributed by atoms with van der Waals surface area (Å²) < 4.78 is 0. The van der Waals surface area contributed by atoms with Crippen LogP contribution in [-0.4, -0.2) is 51.1 Å². The number of hydrogen-bond donors (Lipinski definition) is 4. The van der Waals surface area contributed by atoms with Gasteiger partial charge in [0.25, 0.3) is 0 Å². The second-order valence-corrected chi connectivity index (χ2v) is 4.12. The lowest BCUT2D eigenvalue weighted by molar-refractivity contribution is -0.120. The standard InChI is InChI=1S/C11H24N4O2/c1-9(2)15-8-11(17)14-6-4-5-13-10(16)7-12-3/h9,12,15H,4-8H2,1-3H3,(H,13,16)(H,14,17). The maximum Gasteiger partial charge on any atom is 0.233 e. The molecule has 0 aromatic rings. The van der Waals surface area contributed by atoms with Gasteiger partial charge in [0, 0.05) is 19.1 Å². The van der Waals surface area contributed by atoms with Crippen LogP contribution >= 0.6 is 0 Å². The molecule has 100 valence electrons. The molecule has 0 atom stereocenters. The van der Waals surface area contributed by atoms with Crippen molar-refractivity contribution in [3.8, 4) is 0 Å². The molecule has 4 N–H and O–H groups in total. The Hall–Kier alpha value is -1.14. The van der Waals surface area contributed by atoms with Crippen molar-refractivity contribution in [1.82, 2.24) is 21.3 Å². The first-order valence-electron chi connectivity index (χ1n) is 5.97. The van der Waals surface area contributed by atoms with Crippen LogP contribution < -0.4 is 21.3 Å². The van der Waals surface area contributed by atoms with E-state index in [1.165, 1.54) is 0 Å². The maximum absolute atomic E-state index is 11.3. The van der Waals surface area contributed by atoms with E-state index in [9.17, 15) is 9.59 Å². The molecule has 0 aliphatic carbocycles. The third-order valence-electron chi connectivity index (χ3n) is 2.01. The molecule has 0 saturated heterocycles. The predicted octanol–water partition coefficient (Wildman–Crippen LogP) is -1.17. The Labute approximate surface area is 103 Å². The second-order valence-electron chi connectivity index (χ2n) is 4.12. The molecule has 0 bridgehead atoms. The molecule has 0 aliphatic heterocycles. The Kier molecular flexibility index (Phi) is 9.37. The summed E-state index contributed by atoms with van der Waals surface area (Å²) in [5.41, 5.74) is 0. The fraction of sp³-hybridized carbons (Fsp3) is 0.818. The number of nitrogens with one attached hydrogen (secondary N) is 4. The van der Waals surface area contributed by atoms with Gasteiger partial charge in [-0.3, -0.25) is 9.59 Å². The van der Waals surface area contributed by atoms with Gasteiger partial charge in [-0.1, -0.05) is 13.8 Å². The topological polar surface area (TPSA) is 82.3 Å². The van der Waals surface area contributed by atoms with Gasteiger partial charge in [0.1, 0.15) is 0 Å². The van der Waals surface area contributed by atoms with Crippen LogP contribution in [0.4, 0.5) is 0 Å². The molecule has 6 heteroatoms. The molecule has 0 aliphatic rings. The van der Waals surface area contributed by atoms with Crippen LogP contribution in [0.1, 0.15) is 20.3 Å². The molecule has 6 nitrogen and oxygen atoms in total. The van der Waals surface area contributed by atoms with Crippen molar-refractivity contribution in [2.45, 2.75) is 26.3 Å². The molecule has 0 saturated carbocycles. The Balaban J connectivity index is 3.33. The molecule has 0 aromatic carbocycles. The minimum absolute atomic E-state index is 0.0137. The molecule has 0 aromatic heterocycles. The summed E-state index contributed by atoms with van der Waals surface area (Å²) in [6.45, 7) is 5.81. The summed E-state index contributed by atoms with van der Waals surface area (Å²) in [6.07, 6.45) is 0.739. The summed E-state index contributed by atoms with van der Waals surface area (Å²) in [7, 11) is 1.72. The van der Waals surface area contributed by atoms with Crippen molar-refractivity contribution < 1.29 is 9.59 Å². The Bertz CT molecular complexity index is 232. The smallest absolute Gasteiger partial charge is 0.233 e. The van der Waals surface area contributed by atoms with E-state index in [2.05, 4.69) is 21.3 Å². The third kappa shape index (κ3) is 11.1. The van der Waals surface area contributed by atoms with Crippen molar-refractivity contribution >= 4 is 11.8 Å². The van der Waals surface area contributed by atoms with E-state index < -0.39 is 0 Å². The largest absolute Gasteiger partial charge is 0.355 e. The van der Waals surface area contributed by atoms with Crippen LogP contribution in [0.25, 0.3) is 0 Å². The van der Waals surface area contributed by atoms with Gasteiger partial charge in [-0.15, -0.1) is 0 Å². The molecule has 0 heterocycles. The van der Waals surface area contributed by atoms with Gasteiger partial charge in [-0.05, 0) is 13.5 Å². The van der Waals surface area contributed by atoms with Gasteiger partial charge in [0.15, 0.2) is 0 Å². The molecular weight excluding hydrogens is 220 g/mol. The normalized spacial score (nSPS) is 10.4. The molecule has 17 heavy (non-hydrogen) atoms. The quantitative estimate of drug-likeness (QED) is 0.385. The average molecular weight is 244 g/mol. The van der Waals surface area contributed by atoms with E-state index in [0.29, 0.717) is 32.2 Å². The SMILES string of the molecule is CNCC(=O)NCCCNC(=O)CNC(C)C. The fourth-order valence-corrected chi connectivity index (χ4v) is 1.13. The van der Waals surface area contributed by atoms with Crippen molar-refractivity contribution in [3.63, 3.8) is 0 Å². The van der Waals surface area contributed by atoms with E-state index in [0.717, 1.165) is 6.42 Å². The van der Waals surface area contributed by atoms with Crippen LogP contribution in [0.3, 0.4) is 0 Å². The van der Waals surface area contributed by atoms with Crippen LogP contribution in [-0.2, 0) is 9.59 Å². The predicted molar refractivity (Wildman–Crippen MR) is 67.7 cm³/mol.